The van der Waals surface area contributed by atoms with Gasteiger partial charge in [-0.2, -0.15) is 5.10 Å². The molecule has 0 radical (unpaired) electrons. The lowest BCUT2D eigenvalue weighted by atomic mass is 9.94. The summed E-state index contributed by atoms with van der Waals surface area (Å²) in [5.41, 5.74) is 8.54. The van der Waals surface area contributed by atoms with Crippen LogP contribution in [-0.4, -0.2) is 67.0 Å². The Morgan fingerprint density at radius 3 is 2.68 bits per heavy atom. The van der Waals surface area contributed by atoms with Gasteiger partial charge < -0.3 is 10.3 Å². The highest BCUT2D eigenvalue weighted by Crippen LogP contribution is 2.37. The maximum absolute atomic E-state index is 11.7. The molecule has 1 amide bonds. The SMILES string of the molecule is CNC(=O)CN1CCC(c2ncc3[nH]c(-c4cn5ncnc5c(C)c4C)c(C(C)C)c3n2)CC1. The third-order valence-corrected chi connectivity index (χ3v) is 7.16. The van der Waals surface area contributed by atoms with E-state index in [0.717, 1.165) is 65.3 Å². The van der Waals surface area contributed by atoms with Crippen molar-refractivity contribution < 1.29 is 4.79 Å². The summed E-state index contributed by atoms with van der Waals surface area (Å²) in [6, 6.07) is 0. The number of H-pyrrole nitrogens is 1. The van der Waals surface area contributed by atoms with Gasteiger partial charge in [0.25, 0.3) is 0 Å². The molecule has 9 heteroatoms. The van der Waals surface area contributed by atoms with E-state index in [9.17, 15) is 4.79 Å². The van der Waals surface area contributed by atoms with Gasteiger partial charge in [-0.05, 0) is 56.8 Å². The molecule has 1 saturated heterocycles. The first-order valence-corrected chi connectivity index (χ1v) is 12.0. The van der Waals surface area contributed by atoms with Crippen LogP contribution in [0.1, 0.15) is 61.0 Å². The molecule has 178 valence electrons. The van der Waals surface area contributed by atoms with Crippen molar-refractivity contribution >= 4 is 22.6 Å². The first-order chi connectivity index (χ1) is 16.4. The summed E-state index contributed by atoms with van der Waals surface area (Å²) in [6.45, 7) is 10.9. The molecule has 0 spiro atoms. The van der Waals surface area contributed by atoms with Gasteiger partial charge >= 0.3 is 0 Å². The zero-order valence-electron chi connectivity index (χ0n) is 20.5. The topological polar surface area (TPSA) is 104 Å². The number of pyridine rings is 1. The molecule has 34 heavy (non-hydrogen) atoms. The number of carbonyl (C=O) groups excluding carboxylic acids is 1. The van der Waals surface area contributed by atoms with E-state index in [2.05, 4.69) is 59.2 Å². The van der Waals surface area contributed by atoms with Gasteiger partial charge in [0, 0.05) is 30.3 Å². The Morgan fingerprint density at radius 1 is 1.21 bits per heavy atom. The summed E-state index contributed by atoms with van der Waals surface area (Å²) in [5.74, 6) is 1.55. The highest BCUT2D eigenvalue weighted by molar-refractivity contribution is 5.89. The standard InChI is InChI=1S/C25H32N8O/c1-14(2)21-22(18-11-33-25(28-13-29-33)16(4)15(18)3)30-19-10-27-24(31-23(19)21)17-6-8-32(9-7-17)12-20(34)26-5/h10-11,13-14,17,30H,6-9,12H2,1-5H3,(H,26,34). The molecular formula is C25H32N8O. The Balaban J connectivity index is 1.52. The molecule has 5 heterocycles. The van der Waals surface area contributed by atoms with Crippen LogP contribution in [0.4, 0.5) is 0 Å². The number of hydrogen-bond donors (Lipinski definition) is 2. The normalized spacial score (nSPS) is 15.6. The van der Waals surface area contributed by atoms with Gasteiger partial charge in [0.15, 0.2) is 5.65 Å². The van der Waals surface area contributed by atoms with Crippen LogP contribution in [0.5, 0.6) is 0 Å². The van der Waals surface area contributed by atoms with Crippen molar-refractivity contribution in [2.75, 3.05) is 26.7 Å². The van der Waals surface area contributed by atoms with Gasteiger partial charge in [-0.15, -0.1) is 0 Å². The molecule has 2 N–H and O–H groups in total. The fraction of sp³-hybridized carbons (Fsp3) is 0.480. The molecule has 0 bridgehead atoms. The summed E-state index contributed by atoms with van der Waals surface area (Å²) in [4.78, 5) is 31.8. The number of nitrogens with one attached hydrogen (secondary N) is 2. The van der Waals surface area contributed by atoms with E-state index in [1.54, 1.807) is 13.4 Å². The van der Waals surface area contributed by atoms with E-state index < -0.39 is 0 Å². The summed E-state index contributed by atoms with van der Waals surface area (Å²) >= 11 is 0. The van der Waals surface area contributed by atoms with Crippen molar-refractivity contribution in [2.24, 2.45) is 0 Å². The van der Waals surface area contributed by atoms with Crippen LogP contribution in [0.15, 0.2) is 18.7 Å². The van der Waals surface area contributed by atoms with E-state index in [-0.39, 0.29) is 11.8 Å². The number of likely N-dealkylation sites (N-methyl/N-ethyl adjacent to an activating group) is 1. The molecule has 0 unspecified atom stereocenters. The van der Waals surface area contributed by atoms with Gasteiger partial charge in [-0.3, -0.25) is 9.69 Å². The first kappa shape index (κ1) is 22.5. The number of nitrogens with zero attached hydrogens (tertiary/aromatic N) is 6. The van der Waals surface area contributed by atoms with Crippen LogP contribution in [0.25, 0.3) is 27.9 Å². The zero-order chi connectivity index (χ0) is 24.0. The summed E-state index contributed by atoms with van der Waals surface area (Å²) in [7, 11) is 1.68. The summed E-state index contributed by atoms with van der Waals surface area (Å²) in [5, 5.41) is 7.08. The van der Waals surface area contributed by atoms with Crippen molar-refractivity contribution in [2.45, 2.75) is 52.4 Å². The number of piperidine rings is 1. The third kappa shape index (κ3) is 3.83. The number of aromatic nitrogens is 6. The molecule has 5 rings (SSSR count). The lowest BCUT2D eigenvalue weighted by molar-refractivity contribution is -0.122. The average Bonchev–Trinajstić information content (AvgIpc) is 3.46. The van der Waals surface area contributed by atoms with E-state index in [0.29, 0.717) is 12.5 Å². The van der Waals surface area contributed by atoms with Crippen LogP contribution in [0, 0.1) is 13.8 Å². The number of fused-ring (bicyclic) bond motifs is 2. The molecule has 0 saturated carbocycles. The Labute approximate surface area is 199 Å². The van der Waals surface area contributed by atoms with Gasteiger partial charge in [-0.1, -0.05) is 13.8 Å². The van der Waals surface area contributed by atoms with Gasteiger partial charge in [0.1, 0.15) is 12.2 Å². The number of amides is 1. The molecule has 0 atom stereocenters. The van der Waals surface area contributed by atoms with Crippen LogP contribution in [-0.2, 0) is 4.79 Å². The maximum Gasteiger partial charge on any atom is 0.233 e. The summed E-state index contributed by atoms with van der Waals surface area (Å²) in [6.07, 6.45) is 7.49. The number of hydrogen-bond acceptors (Lipinski definition) is 6. The molecule has 4 aromatic heterocycles. The van der Waals surface area contributed by atoms with E-state index >= 15 is 0 Å². The second-order valence-electron chi connectivity index (χ2n) is 9.60. The smallest absolute Gasteiger partial charge is 0.233 e. The highest BCUT2D eigenvalue weighted by atomic mass is 16.1. The predicted octanol–water partition coefficient (Wildman–Crippen LogP) is 3.33. The minimum atomic E-state index is 0.0622. The van der Waals surface area contributed by atoms with Gasteiger partial charge in [0.2, 0.25) is 5.91 Å². The molecule has 1 fully saturated rings. The number of aromatic amines is 1. The highest BCUT2D eigenvalue weighted by Gasteiger charge is 2.26. The first-order valence-electron chi connectivity index (χ1n) is 12.0. The van der Waals surface area contributed by atoms with Gasteiger partial charge in [-0.25, -0.2) is 19.5 Å². The minimum absolute atomic E-state index is 0.0622. The molecule has 0 aromatic carbocycles. The Bertz CT molecular complexity index is 1360. The fourth-order valence-corrected chi connectivity index (χ4v) is 5.07. The summed E-state index contributed by atoms with van der Waals surface area (Å²) < 4.78 is 1.84. The Hall–Kier alpha value is -3.33. The van der Waals surface area contributed by atoms with E-state index in [1.807, 2.05) is 10.7 Å². The van der Waals surface area contributed by atoms with Crippen LogP contribution in [0.3, 0.4) is 0 Å². The second-order valence-corrected chi connectivity index (χ2v) is 9.60. The molecule has 1 aliphatic heterocycles. The molecule has 9 nitrogen and oxygen atoms in total. The Kier molecular flexibility index (Phi) is 5.81. The van der Waals surface area contributed by atoms with Crippen LogP contribution >= 0.6 is 0 Å². The molecular weight excluding hydrogens is 428 g/mol. The molecule has 0 aliphatic carbocycles. The van der Waals surface area contributed by atoms with E-state index in [1.165, 1.54) is 11.1 Å². The number of likely N-dealkylation sites (tertiary alicyclic amines) is 1. The minimum Gasteiger partial charge on any atom is -0.358 e. The maximum atomic E-state index is 11.7. The zero-order valence-corrected chi connectivity index (χ0v) is 20.5. The number of rotatable bonds is 5. The van der Waals surface area contributed by atoms with Crippen LogP contribution < -0.4 is 5.32 Å². The average molecular weight is 461 g/mol. The van der Waals surface area contributed by atoms with Crippen molar-refractivity contribution in [1.82, 2.24) is 39.8 Å². The third-order valence-electron chi connectivity index (χ3n) is 7.16. The lowest BCUT2D eigenvalue weighted by Crippen LogP contribution is -2.40. The number of carbonyl (C=O) groups is 1. The lowest BCUT2D eigenvalue weighted by Gasteiger charge is -2.30. The second kappa shape index (κ2) is 8.79. The predicted molar refractivity (Wildman–Crippen MR) is 132 cm³/mol. The van der Waals surface area contributed by atoms with Crippen molar-refractivity contribution in [3.05, 3.63) is 41.2 Å². The fourth-order valence-electron chi connectivity index (χ4n) is 5.07. The quantitative estimate of drug-likeness (QED) is 0.473. The molecule has 4 aromatic rings. The largest absolute Gasteiger partial charge is 0.358 e. The van der Waals surface area contributed by atoms with Crippen molar-refractivity contribution in [1.29, 1.82) is 0 Å². The van der Waals surface area contributed by atoms with E-state index in [4.69, 9.17) is 9.97 Å². The number of aryl methyl sites for hydroxylation is 1. The molecule has 1 aliphatic rings. The monoisotopic (exact) mass is 460 g/mol. The van der Waals surface area contributed by atoms with Gasteiger partial charge in [0.05, 0.1) is 29.5 Å². The Morgan fingerprint density at radius 2 is 1.97 bits per heavy atom. The van der Waals surface area contributed by atoms with Crippen molar-refractivity contribution in [3.63, 3.8) is 0 Å². The van der Waals surface area contributed by atoms with Crippen LogP contribution in [0.2, 0.25) is 0 Å². The van der Waals surface area contributed by atoms with Crippen molar-refractivity contribution in [3.8, 4) is 11.3 Å².